The maximum atomic E-state index is 13.4. The van der Waals surface area contributed by atoms with Gasteiger partial charge in [0.15, 0.2) is 5.82 Å². The maximum absolute atomic E-state index is 13.4. The number of H-pyrrole nitrogens is 1. The number of nitrogens with one attached hydrogen (secondary N) is 1. The highest BCUT2D eigenvalue weighted by Gasteiger charge is 2.34. The summed E-state index contributed by atoms with van der Waals surface area (Å²) < 4.78 is 0. The van der Waals surface area contributed by atoms with Crippen LogP contribution in [0.2, 0.25) is 0 Å². The van der Waals surface area contributed by atoms with E-state index in [1.54, 1.807) is 0 Å². The minimum absolute atomic E-state index is 0.0386. The normalized spacial score (nSPS) is 19.9. The number of rotatable bonds is 2. The third kappa shape index (κ3) is 2.79. The van der Waals surface area contributed by atoms with Crippen LogP contribution in [0.1, 0.15) is 52.0 Å². The molecule has 1 N–H and O–H groups in total. The molecule has 6 heteroatoms. The third-order valence-electron chi connectivity index (χ3n) is 6.13. The number of nitrogens with zero attached hydrogens (tertiary/aromatic N) is 4. The van der Waals surface area contributed by atoms with Crippen molar-refractivity contribution in [3.05, 3.63) is 58.8 Å². The first-order chi connectivity index (χ1) is 13.6. The molecule has 0 bridgehead atoms. The number of fused-ring (bicyclic) bond motifs is 2. The van der Waals surface area contributed by atoms with E-state index in [1.165, 1.54) is 5.56 Å². The Morgan fingerprint density at radius 1 is 1.25 bits per heavy atom. The van der Waals surface area contributed by atoms with E-state index < -0.39 is 0 Å². The van der Waals surface area contributed by atoms with Gasteiger partial charge >= 0.3 is 0 Å². The molecule has 5 rings (SSSR count). The van der Waals surface area contributed by atoms with Crippen LogP contribution in [0.25, 0.3) is 10.9 Å². The monoisotopic (exact) mass is 375 g/mol. The zero-order chi connectivity index (χ0) is 19.3. The Morgan fingerprint density at radius 3 is 2.96 bits per heavy atom. The van der Waals surface area contributed by atoms with E-state index in [9.17, 15) is 4.79 Å². The number of amides is 1. The Morgan fingerprint density at radius 2 is 2.11 bits per heavy atom. The predicted molar refractivity (Wildman–Crippen MR) is 108 cm³/mol. The fourth-order valence-corrected chi connectivity index (χ4v) is 4.55. The lowest BCUT2D eigenvalue weighted by Gasteiger charge is -2.27. The van der Waals surface area contributed by atoms with Crippen LogP contribution in [0.5, 0.6) is 0 Å². The van der Waals surface area contributed by atoms with Gasteiger partial charge in [0, 0.05) is 54.4 Å². The minimum Gasteiger partial charge on any atom is -0.350 e. The van der Waals surface area contributed by atoms with Crippen LogP contribution in [-0.4, -0.2) is 50.8 Å². The van der Waals surface area contributed by atoms with Crippen molar-refractivity contribution in [1.29, 1.82) is 0 Å². The highest BCUT2D eigenvalue weighted by Crippen LogP contribution is 2.33. The smallest absolute Gasteiger partial charge is 0.271 e. The fraction of sp³-hybridized carbons (Fsp3) is 0.409. The van der Waals surface area contributed by atoms with Gasteiger partial charge in [-0.15, -0.1) is 0 Å². The van der Waals surface area contributed by atoms with Crippen molar-refractivity contribution in [1.82, 2.24) is 24.8 Å². The number of para-hydroxylation sites is 1. The summed E-state index contributed by atoms with van der Waals surface area (Å²) in [6.07, 6.45) is 4.81. The predicted octanol–water partition coefficient (Wildman–Crippen LogP) is 3.23. The maximum Gasteiger partial charge on any atom is 0.271 e. The second kappa shape index (κ2) is 6.71. The number of hydrogen-bond donors (Lipinski definition) is 1. The zero-order valence-electron chi connectivity index (χ0n) is 16.4. The average Bonchev–Trinajstić information content (AvgIpc) is 3.32. The summed E-state index contributed by atoms with van der Waals surface area (Å²) in [4.78, 5) is 30.5. The number of carbonyl (C=O) groups is 1. The average molecular weight is 375 g/mol. The molecule has 1 fully saturated rings. The Hall–Kier alpha value is -2.73. The van der Waals surface area contributed by atoms with E-state index in [-0.39, 0.29) is 11.9 Å². The zero-order valence-corrected chi connectivity index (χ0v) is 16.4. The number of likely N-dealkylation sites (tertiary alicyclic amines) is 1. The Labute approximate surface area is 164 Å². The molecule has 1 saturated heterocycles. The van der Waals surface area contributed by atoms with Crippen molar-refractivity contribution >= 4 is 16.8 Å². The standard InChI is InChI=1S/C22H25N5O/c1-14-16-6-3-4-7-18(16)24-20(14)22(28)27-10-5-8-19(27)21-23-12-15-13-26(2)11-9-17(15)25-21/h3-4,6-7,12,19,24H,5,8-11,13H2,1-2H3. The van der Waals surface area contributed by atoms with Crippen LogP contribution >= 0.6 is 0 Å². The minimum atomic E-state index is -0.0386. The second-order valence-corrected chi connectivity index (χ2v) is 8.02. The number of aromatic amines is 1. The molecule has 2 aromatic heterocycles. The van der Waals surface area contributed by atoms with Crippen molar-refractivity contribution in [2.24, 2.45) is 0 Å². The van der Waals surface area contributed by atoms with E-state index in [2.05, 4.69) is 28.0 Å². The van der Waals surface area contributed by atoms with Crippen LogP contribution < -0.4 is 0 Å². The molecule has 3 aromatic rings. The summed E-state index contributed by atoms with van der Waals surface area (Å²) in [6, 6.07) is 8.04. The Bertz CT molecular complexity index is 1060. The molecule has 28 heavy (non-hydrogen) atoms. The summed E-state index contributed by atoms with van der Waals surface area (Å²) in [6.45, 7) is 4.69. The van der Waals surface area contributed by atoms with Gasteiger partial charge in [-0.1, -0.05) is 18.2 Å². The van der Waals surface area contributed by atoms with E-state index in [0.717, 1.165) is 66.9 Å². The number of hydrogen-bond acceptors (Lipinski definition) is 4. The lowest BCUT2D eigenvalue weighted by atomic mass is 10.1. The highest BCUT2D eigenvalue weighted by molar-refractivity contribution is 6.01. The molecule has 1 amide bonds. The van der Waals surface area contributed by atoms with Crippen LogP contribution in [0.4, 0.5) is 0 Å². The lowest BCUT2D eigenvalue weighted by molar-refractivity contribution is 0.0723. The third-order valence-corrected chi connectivity index (χ3v) is 6.13. The molecule has 0 aliphatic carbocycles. The van der Waals surface area contributed by atoms with E-state index in [0.29, 0.717) is 5.69 Å². The lowest BCUT2D eigenvalue weighted by Crippen LogP contribution is -2.33. The van der Waals surface area contributed by atoms with Gasteiger partial charge in [-0.05, 0) is 38.4 Å². The van der Waals surface area contributed by atoms with Crippen molar-refractivity contribution in [2.45, 2.75) is 38.8 Å². The number of aromatic nitrogens is 3. The summed E-state index contributed by atoms with van der Waals surface area (Å²) >= 11 is 0. The Kier molecular flexibility index (Phi) is 4.16. The van der Waals surface area contributed by atoms with Gasteiger partial charge in [0.05, 0.1) is 6.04 Å². The van der Waals surface area contributed by atoms with Crippen LogP contribution in [0.15, 0.2) is 30.5 Å². The molecule has 6 nitrogen and oxygen atoms in total. The molecule has 0 spiro atoms. The number of aryl methyl sites for hydroxylation is 1. The molecule has 4 heterocycles. The summed E-state index contributed by atoms with van der Waals surface area (Å²) in [5.41, 5.74) is 5.06. The van der Waals surface area contributed by atoms with Crippen LogP contribution in [0.3, 0.4) is 0 Å². The molecule has 144 valence electrons. The molecular formula is C22H25N5O. The second-order valence-electron chi connectivity index (χ2n) is 8.02. The first-order valence-electron chi connectivity index (χ1n) is 10.0. The van der Waals surface area contributed by atoms with Crippen molar-refractivity contribution < 1.29 is 4.79 Å². The summed E-state index contributed by atoms with van der Waals surface area (Å²) in [7, 11) is 2.12. The van der Waals surface area contributed by atoms with E-state index in [4.69, 9.17) is 4.98 Å². The van der Waals surface area contributed by atoms with E-state index in [1.807, 2.05) is 36.2 Å². The van der Waals surface area contributed by atoms with Crippen molar-refractivity contribution in [3.8, 4) is 0 Å². The van der Waals surface area contributed by atoms with Crippen LogP contribution in [-0.2, 0) is 13.0 Å². The van der Waals surface area contributed by atoms with Gasteiger partial charge in [0.25, 0.3) is 5.91 Å². The quantitative estimate of drug-likeness (QED) is 0.747. The number of carbonyl (C=O) groups excluding carboxylic acids is 1. The van der Waals surface area contributed by atoms with Crippen LogP contribution in [0, 0.1) is 6.92 Å². The molecular weight excluding hydrogens is 350 g/mol. The first-order valence-corrected chi connectivity index (χ1v) is 10.0. The van der Waals surface area contributed by atoms with Crippen molar-refractivity contribution in [2.75, 3.05) is 20.1 Å². The number of benzene rings is 1. The topological polar surface area (TPSA) is 65.1 Å². The largest absolute Gasteiger partial charge is 0.350 e. The molecule has 0 radical (unpaired) electrons. The molecule has 2 aliphatic heterocycles. The summed E-state index contributed by atoms with van der Waals surface area (Å²) in [5, 5.41) is 1.11. The van der Waals surface area contributed by atoms with E-state index >= 15 is 0 Å². The summed E-state index contributed by atoms with van der Waals surface area (Å²) in [5.74, 6) is 0.847. The van der Waals surface area contributed by atoms with Gasteiger partial charge in [0.1, 0.15) is 5.69 Å². The molecule has 1 unspecified atom stereocenters. The van der Waals surface area contributed by atoms with Gasteiger partial charge in [-0.25, -0.2) is 9.97 Å². The molecule has 0 saturated carbocycles. The van der Waals surface area contributed by atoms with Gasteiger partial charge in [-0.3, -0.25) is 4.79 Å². The molecule has 1 aromatic carbocycles. The Balaban J connectivity index is 1.47. The number of likely N-dealkylation sites (N-methyl/N-ethyl adjacent to an activating group) is 1. The van der Waals surface area contributed by atoms with Gasteiger partial charge < -0.3 is 14.8 Å². The van der Waals surface area contributed by atoms with Crippen molar-refractivity contribution in [3.63, 3.8) is 0 Å². The SMILES string of the molecule is Cc1c(C(=O)N2CCCC2c2ncc3c(n2)CCN(C)C3)[nH]c2ccccc12. The fourth-order valence-electron chi connectivity index (χ4n) is 4.55. The highest BCUT2D eigenvalue weighted by atomic mass is 16.2. The first kappa shape index (κ1) is 17.4. The van der Waals surface area contributed by atoms with Gasteiger partial charge in [0.2, 0.25) is 0 Å². The molecule has 1 atom stereocenters. The van der Waals surface area contributed by atoms with Gasteiger partial charge in [-0.2, -0.15) is 0 Å². The molecule has 2 aliphatic rings.